The van der Waals surface area contributed by atoms with Crippen LogP contribution in [0.25, 0.3) is 5.69 Å². The van der Waals surface area contributed by atoms with Gasteiger partial charge in [0.1, 0.15) is 11.4 Å². The minimum atomic E-state index is -0.435. The maximum atomic E-state index is 11.7. The molecule has 7 nitrogen and oxygen atoms in total. The highest BCUT2D eigenvalue weighted by Crippen LogP contribution is 2.37. The Morgan fingerprint density at radius 2 is 1.69 bits per heavy atom. The molecule has 2 aromatic carbocycles. The maximum absolute atomic E-state index is 11.7. The van der Waals surface area contributed by atoms with Crippen molar-refractivity contribution in [1.29, 1.82) is 0 Å². The lowest BCUT2D eigenvalue weighted by Gasteiger charge is -2.09. The van der Waals surface area contributed by atoms with Crippen LogP contribution in [-0.4, -0.2) is 32.5 Å². The Hall–Kier alpha value is -3.61. The third kappa shape index (κ3) is 3.41. The molecule has 4 N–H and O–H groups in total. The second-order valence-corrected chi connectivity index (χ2v) is 5.51. The van der Waals surface area contributed by atoms with Crippen molar-refractivity contribution in [2.45, 2.75) is 6.92 Å². The van der Waals surface area contributed by atoms with Crippen molar-refractivity contribution in [1.82, 2.24) is 4.57 Å². The second-order valence-electron chi connectivity index (χ2n) is 5.51. The van der Waals surface area contributed by atoms with E-state index in [1.807, 2.05) is 0 Å². The average Bonchev–Trinajstić information content (AvgIpc) is 2.91. The van der Waals surface area contributed by atoms with Crippen molar-refractivity contribution in [3.8, 4) is 23.2 Å². The predicted octanol–water partition coefficient (Wildman–Crippen LogP) is 3.51. The number of nitrogens with zero attached hydrogens (tertiary/aromatic N) is 1. The fourth-order valence-electron chi connectivity index (χ4n) is 2.49. The molecule has 1 heterocycles. The van der Waals surface area contributed by atoms with Crippen LogP contribution < -0.4 is 5.32 Å². The minimum absolute atomic E-state index is 0.127. The van der Waals surface area contributed by atoms with E-state index in [4.69, 9.17) is 4.74 Å². The summed E-state index contributed by atoms with van der Waals surface area (Å²) < 4.78 is 6.16. The van der Waals surface area contributed by atoms with E-state index < -0.39 is 5.97 Å². The lowest BCUT2D eigenvalue weighted by molar-refractivity contribution is 0.0526. The van der Waals surface area contributed by atoms with Crippen LogP contribution in [0.1, 0.15) is 17.3 Å². The molecule has 26 heavy (non-hydrogen) atoms. The Morgan fingerprint density at radius 1 is 1.04 bits per heavy atom. The summed E-state index contributed by atoms with van der Waals surface area (Å²) in [4.78, 5) is 11.7. The molecule has 0 aliphatic heterocycles. The Bertz CT molecular complexity index is 914. The molecule has 0 bridgehead atoms. The Morgan fingerprint density at radius 3 is 2.31 bits per heavy atom. The monoisotopic (exact) mass is 354 g/mol. The summed E-state index contributed by atoms with van der Waals surface area (Å²) in [7, 11) is 0. The number of nitrogens with one attached hydrogen (secondary N) is 1. The van der Waals surface area contributed by atoms with Gasteiger partial charge in [0.05, 0.1) is 17.9 Å². The number of aromatic hydroxyl groups is 3. The number of carbonyl (C=O) groups is 1. The summed E-state index contributed by atoms with van der Waals surface area (Å²) in [6, 6.07) is 14.0. The van der Waals surface area contributed by atoms with Gasteiger partial charge in [-0.3, -0.25) is 0 Å². The molecule has 0 unspecified atom stereocenters. The molecule has 7 heteroatoms. The molecule has 0 saturated heterocycles. The van der Waals surface area contributed by atoms with Crippen molar-refractivity contribution in [3.05, 3.63) is 60.2 Å². The number of carbonyl (C=O) groups excluding carboxylic acids is 1. The van der Waals surface area contributed by atoms with Crippen molar-refractivity contribution < 1.29 is 24.9 Å². The minimum Gasteiger partial charge on any atom is -0.508 e. The van der Waals surface area contributed by atoms with Gasteiger partial charge in [0.2, 0.25) is 11.8 Å². The van der Waals surface area contributed by atoms with E-state index in [0.29, 0.717) is 22.6 Å². The Kier molecular flexibility index (Phi) is 4.70. The summed E-state index contributed by atoms with van der Waals surface area (Å²) >= 11 is 0. The van der Waals surface area contributed by atoms with E-state index in [1.165, 1.54) is 22.8 Å². The number of phenolic OH excluding ortho intramolecular Hbond substituents is 1. The summed E-state index contributed by atoms with van der Waals surface area (Å²) in [6.07, 6.45) is 0. The highest BCUT2D eigenvalue weighted by atomic mass is 16.5. The first-order valence-corrected chi connectivity index (χ1v) is 7.97. The van der Waals surface area contributed by atoms with E-state index in [2.05, 4.69) is 5.32 Å². The Labute approximate surface area is 149 Å². The van der Waals surface area contributed by atoms with Gasteiger partial charge in [0.15, 0.2) is 0 Å². The van der Waals surface area contributed by atoms with Gasteiger partial charge in [-0.25, -0.2) is 9.36 Å². The van der Waals surface area contributed by atoms with E-state index in [0.717, 1.165) is 0 Å². The second kappa shape index (κ2) is 7.10. The van der Waals surface area contributed by atoms with E-state index in [1.54, 1.807) is 43.3 Å². The maximum Gasteiger partial charge on any atom is 0.338 e. The summed E-state index contributed by atoms with van der Waals surface area (Å²) in [5, 5.41) is 32.9. The lowest BCUT2D eigenvalue weighted by Crippen LogP contribution is -2.04. The van der Waals surface area contributed by atoms with Gasteiger partial charge in [-0.2, -0.15) is 0 Å². The molecule has 3 rings (SSSR count). The molecule has 0 aliphatic rings. The summed E-state index contributed by atoms with van der Waals surface area (Å²) in [5.74, 6) is -0.677. The number of rotatable bonds is 5. The third-order valence-electron chi connectivity index (χ3n) is 3.74. The van der Waals surface area contributed by atoms with Gasteiger partial charge in [-0.05, 0) is 55.5 Å². The number of aromatic nitrogens is 1. The Balaban J connectivity index is 1.88. The molecule has 1 aromatic heterocycles. The van der Waals surface area contributed by atoms with E-state index >= 15 is 0 Å². The molecule has 3 aromatic rings. The van der Waals surface area contributed by atoms with E-state index in [9.17, 15) is 20.1 Å². The average molecular weight is 354 g/mol. The zero-order valence-electron chi connectivity index (χ0n) is 14.0. The first-order valence-electron chi connectivity index (χ1n) is 7.97. The molecular formula is C19H18N2O5. The van der Waals surface area contributed by atoms with Crippen molar-refractivity contribution in [3.63, 3.8) is 0 Å². The zero-order valence-corrected chi connectivity index (χ0v) is 14.0. The van der Waals surface area contributed by atoms with Crippen LogP contribution in [0.2, 0.25) is 0 Å². The fraction of sp³-hybridized carbons (Fsp3) is 0.105. The number of anilines is 2. The predicted molar refractivity (Wildman–Crippen MR) is 96.4 cm³/mol. The van der Waals surface area contributed by atoms with Crippen LogP contribution in [0.15, 0.2) is 54.6 Å². The van der Waals surface area contributed by atoms with Crippen LogP contribution in [0, 0.1) is 0 Å². The van der Waals surface area contributed by atoms with Crippen LogP contribution in [0.4, 0.5) is 11.4 Å². The number of phenols is 1. The van der Waals surface area contributed by atoms with Crippen molar-refractivity contribution in [2.75, 3.05) is 11.9 Å². The van der Waals surface area contributed by atoms with Crippen LogP contribution in [-0.2, 0) is 4.74 Å². The summed E-state index contributed by atoms with van der Waals surface area (Å²) in [5.41, 5.74) is 1.78. The quantitative estimate of drug-likeness (QED) is 0.413. The number of benzene rings is 2. The number of ether oxygens (including phenoxy) is 1. The number of esters is 1. The topological polar surface area (TPSA) is 104 Å². The van der Waals surface area contributed by atoms with Crippen LogP contribution in [0.5, 0.6) is 17.5 Å². The molecule has 0 atom stereocenters. The van der Waals surface area contributed by atoms with Crippen molar-refractivity contribution in [2.24, 2.45) is 0 Å². The zero-order chi connectivity index (χ0) is 18.7. The molecule has 0 radical (unpaired) electrons. The van der Waals surface area contributed by atoms with Crippen molar-refractivity contribution >= 4 is 17.3 Å². The highest BCUT2D eigenvalue weighted by molar-refractivity contribution is 5.89. The SMILES string of the molecule is CCOC(=O)c1ccc(-n2c(O)cc(Nc3ccc(O)cc3)c2O)cc1. The van der Waals surface area contributed by atoms with Gasteiger partial charge < -0.3 is 25.4 Å². The van der Waals surface area contributed by atoms with Crippen LogP contribution >= 0.6 is 0 Å². The third-order valence-corrected chi connectivity index (χ3v) is 3.74. The normalized spacial score (nSPS) is 10.5. The number of hydrogen-bond acceptors (Lipinski definition) is 6. The van der Waals surface area contributed by atoms with Gasteiger partial charge in [-0.15, -0.1) is 0 Å². The molecule has 0 amide bonds. The summed E-state index contributed by atoms with van der Waals surface area (Å²) in [6.45, 7) is 2.01. The molecule has 0 spiro atoms. The standard InChI is InChI=1S/C19H18N2O5/c1-2-26-19(25)12-3-7-14(8-4-12)21-17(23)11-16(18(21)24)20-13-5-9-15(22)10-6-13/h3-11,20,22-24H,2H2,1H3. The molecular weight excluding hydrogens is 336 g/mol. The smallest absolute Gasteiger partial charge is 0.338 e. The molecule has 134 valence electrons. The first-order chi connectivity index (χ1) is 12.5. The lowest BCUT2D eigenvalue weighted by atomic mass is 10.2. The van der Waals surface area contributed by atoms with Gasteiger partial charge in [0.25, 0.3) is 0 Å². The van der Waals surface area contributed by atoms with E-state index in [-0.39, 0.29) is 24.1 Å². The largest absolute Gasteiger partial charge is 0.508 e. The van der Waals surface area contributed by atoms with Crippen LogP contribution in [0.3, 0.4) is 0 Å². The van der Waals surface area contributed by atoms with Gasteiger partial charge in [-0.1, -0.05) is 0 Å². The molecule has 0 saturated carbocycles. The van der Waals surface area contributed by atoms with Gasteiger partial charge >= 0.3 is 5.97 Å². The van der Waals surface area contributed by atoms with Gasteiger partial charge in [0, 0.05) is 11.8 Å². The number of hydrogen-bond donors (Lipinski definition) is 4. The fourth-order valence-corrected chi connectivity index (χ4v) is 2.49. The molecule has 0 aliphatic carbocycles. The molecule has 0 fully saturated rings. The highest BCUT2D eigenvalue weighted by Gasteiger charge is 2.16. The first kappa shape index (κ1) is 17.2.